The Morgan fingerprint density at radius 2 is 1.81 bits per heavy atom. The summed E-state index contributed by atoms with van der Waals surface area (Å²) in [5, 5.41) is 9.02. The summed E-state index contributed by atoms with van der Waals surface area (Å²) in [6, 6.07) is 2.97. The third kappa shape index (κ3) is 7.41. The minimum atomic E-state index is -4.81. The predicted molar refractivity (Wildman–Crippen MR) is 136 cm³/mol. The van der Waals surface area contributed by atoms with Crippen molar-refractivity contribution < 1.29 is 22.8 Å². The van der Waals surface area contributed by atoms with Crippen molar-refractivity contribution in [1.29, 1.82) is 0 Å². The summed E-state index contributed by atoms with van der Waals surface area (Å²) in [6.45, 7) is 4.94. The second-order valence-corrected chi connectivity index (χ2v) is 9.40. The molecule has 0 saturated carbocycles. The minimum absolute atomic E-state index is 0.0540. The van der Waals surface area contributed by atoms with E-state index in [-0.39, 0.29) is 38.9 Å². The molecule has 0 aliphatic rings. The van der Waals surface area contributed by atoms with Gasteiger partial charge in [-0.05, 0) is 39.0 Å². The number of carbonyl (C=O) groups is 2. The van der Waals surface area contributed by atoms with Crippen molar-refractivity contribution in [3.63, 3.8) is 0 Å². The van der Waals surface area contributed by atoms with Gasteiger partial charge in [0.25, 0.3) is 11.8 Å². The number of nitrogens with one attached hydrogen (secondary N) is 2. The third-order valence-electron chi connectivity index (χ3n) is 4.69. The molecule has 1 aromatic carbocycles. The first kappa shape index (κ1) is 29.5. The highest BCUT2D eigenvalue weighted by Gasteiger charge is 2.36. The molecule has 36 heavy (non-hydrogen) atoms. The van der Waals surface area contributed by atoms with E-state index in [1.165, 1.54) is 12.1 Å². The van der Waals surface area contributed by atoms with Crippen LogP contribution in [0.4, 0.5) is 18.9 Å². The van der Waals surface area contributed by atoms with E-state index in [2.05, 4.69) is 15.7 Å². The molecule has 2 N–H and O–H groups in total. The number of rotatable bonds is 8. The molecule has 0 aliphatic carbocycles. The number of likely N-dealkylation sites (N-methyl/N-ethyl adjacent to an activating group) is 1. The maximum atomic E-state index is 13.5. The van der Waals surface area contributed by atoms with Crippen molar-refractivity contribution in [2.24, 2.45) is 0 Å². The van der Waals surface area contributed by atoms with Crippen molar-refractivity contribution in [3.05, 3.63) is 68.1 Å². The van der Waals surface area contributed by atoms with Gasteiger partial charge in [0.2, 0.25) is 0 Å². The van der Waals surface area contributed by atoms with Crippen LogP contribution in [-0.4, -0.2) is 46.6 Å². The van der Waals surface area contributed by atoms with Crippen LogP contribution in [0, 0.1) is 0 Å². The first-order valence-electron chi connectivity index (χ1n) is 10.6. The Morgan fingerprint density at radius 1 is 1.17 bits per heavy atom. The van der Waals surface area contributed by atoms with Crippen molar-refractivity contribution in [2.75, 3.05) is 19.4 Å². The van der Waals surface area contributed by atoms with Crippen molar-refractivity contribution in [1.82, 2.24) is 20.0 Å². The summed E-state index contributed by atoms with van der Waals surface area (Å²) >= 11 is 18.6. The summed E-state index contributed by atoms with van der Waals surface area (Å²) in [5.74, 6) is -1.55. The number of carbonyl (C=O) groups excluding carboxylic acids is 2. The Morgan fingerprint density at radius 3 is 2.33 bits per heavy atom. The van der Waals surface area contributed by atoms with E-state index in [4.69, 9.17) is 34.8 Å². The molecule has 196 valence electrons. The fourth-order valence-corrected chi connectivity index (χ4v) is 3.97. The number of hydrogen-bond acceptors (Lipinski definition) is 4. The molecule has 0 spiro atoms. The lowest BCUT2D eigenvalue weighted by Crippen LogP contribution is -2.31. The minimum Gasteiger partial charge on any atom is -0.378 e. The second kappa shape index (κ2) is 12.0. The molecule has 2 rings (SSSR count). The summed E-state index contributed by atoms with van der Waals surface area (Å²) < 4.78 is 41.4. The van der Waals surface area contributed by atoms with Crippen LogP contribution in [0.3, 0.4) is 0 Å². The number of aromatic nitrogens is 2. The molecule has 1 heterocycles. The number of amides is 2. The number of allylic oxidation sites excluding steroid dienone is 4. The van der Waals surface area contributed by atoms with Crippen LogP contribution < -0.4 is 10.6 Å². The monoisotopic (exact) mass is 565 g/mol. The Labute approximate surface area is 221 Å². The quantitative estimate of drug-likeness (QED) is 0.374. The topological polar surface area (TPSA) is 79.3 Å². The summed E-state index contributed by atoms with van der Waals surface area (Å²) in [7, 11) is 3.31. The Kier molecular flexibility index (Phi) is 9.87. The molecule has 0 saturated heterocycles. The van der Waals surface area contributed by atoms with E-state index >= 15 is 0 Å². The first-order chi connectivity index (χ1) is 16.6. The van der Waals surface area contributed by atoms with Gasteiger partial charge in [-0.3, -0.25) is 14.3 Å². The number of nitrogens with zero attached hydrogens (tertiary/aromatic N) is 3. The molecule has 1 aromatic heterocycles. The van der Waals surface area contributed by atoms with Crippen LogP contribution >= 0.6 is 34.8 Å². The molecular weight excluding hydrogens is 542 g/mol. The Balaban J connectivity index is 2.59. The highest BCUT2D eigenvalue weighted by Crippen LogP contribution is 2.32. The Bertz CT molecular complexity index is 1200. The molecule has 0 unspecified atom stereocenters. The average molecular weight is 567 g/mol. The fourth-order valence-electron chi connectivity index (χ4n) is 3.07. The second-order valence-electron chi connectivity index (χ2n) is 8.15. The number of benzene rings is 1. The fraction of sp³-hybridized carbons (Fsp3) is 0.348. The number of alkyl halides is 3. The molecule has 7 nitrogen and oxygen atoms in total. The molecule has 0 radical (unpaired) electrons. The maximum Gasteiger partial charge on any atom is 0.435 e. The van der Waals surface area contributed by atoms with Gasteiger partial charge in [0.1, 0.15) is 5.69 Å². The van der Waals surface area contributed by atoms with Crippen LogP contribution in [-0.2, 0) is 12.7 Å². The molecule has 0 bridgehead atoms. The Hall–Kier alpha value is -2.69. The van der Waals surface area contributed by atoms with Gasteiger partial charge in [-0.2, -0.15) is 18.3 Å². The van der Waals surface area contributed by atoms with Gasteiger partial charge in [0, 0.05) is 31.2 Å². The number of hydrogen-bond donors (Lipinski definition) is 2. The van der Waals surface area contributed by atoms with Gasteiger partial charge in [0.05, 0.1) is 33.5 Å². The highest BCUT2D eigenvalue weighted by atomic mass is 35.5. The van der Waals surface area contributed by atoms with E-state index in [9.17, 15) is 22.8 Å². The van der Waals surface area contributed by atoms with E-state index in [1.54, 1.807) is 51.9 Å². The molecule has 2 amide bonds. The smallest absolute Gasteiger partial charge is 0.378 e. The van der Waals surface area contributed by atoms with Gasteiger partial charge in [-0.15, -0.1) is 0 Å². The van der Waals surface area contributed by atoms with Gasteiger partial charge >= 0.3 is 6.18 Å². The maximum absolute atomic E-state index is 13.5. The van der Waals surface area contributed by atoms with E-state index in [1.807, 2.05) is 0 Å². The van der Waals surface area contributed by atoms with E-state index < -0.39 is 29.4 Å². The summed E-state index contributed by atoms with van der Waals surface area (Å²) in [4.78, 5) is 27.5. The predicted octanol–water partition coefficient (Wildman–Crippen LogP) is 6.19. The zero-order valence-electron chi connectivity index (χ0n) is 20.1. The first-order valence-corrected chi connectivity index (χ1v) is 11.7. The van der Waals surface area contributed by atoms with E-state index in [0.29, 0.717) is 11.8 Å². The van der Waals surface area contributed by atoms with E-state index in [0.717, 1.165) is 4.68 Å². The standard InChI is InChI=1S/C23H25Cl3F3N5O2/c1-6-7-15(25)18(33(4)5)11-34-17(10-19(32-34)23(27,28)29)22(36)31-20-14(21(35)30-12(2)3)8-13(24)9-16(20)26/h6-10,12H,11H2,1-5H3,(H,30,35)(H,31,36)/b7-6-,18-15+. The molecule has 0 aliphatic heterocycles. The van der Waals surface area contributed by atoms with Gasteiger partial charge in [-0.1, -0.05) is 40.9 Å². The lowest BCUT2D eigenvalue weighted by Gasteiger charge is -2.20. The number of halogens is 6. The zero-order chi connectivity index (χ0) is 27.4. The van der Waals surface area contributed by atoms with Crippen LogP contribution in [0.25, 0.3) is 0 Å². The number of anilines is 1. The van der Waals surface area contributed by atoms with Gasteiger partial charge < -0.3 is 15.5 Å². The molecule has 0 atom stereocenters. The molecule has 13 heteroatoms. The van der Waals surface area contributed by atoms with Crippen LogP contribution in [0.15, 0.2) is 41.1 Å². The SMILES string of the molecule is C/C=C\C(Cl)=C(\Cn1nc(C(F)(F)F)cc1C(=O)Nc1c(Cl)cc(Cl)cc1C(=O)NC(C)C)N(C)C. The average Bonchev–Trinajstić information content (AvgIpc) is 3.17. The third-order valence-corrected chi connectivity index (χ3v) is 5.55. The molecule has 0 fully saturated rings. The van der Waals surface area contributed by atoms with Crippen LogP contribution in [0.1, 0.15) is 47.3 Å². The lowest BCUT2D eigenvalue weighted by atomic mass is 10.1. The van der Waals surface area contributed by atoms with Gasteiger partial charge in [-0.25, -0.2) is 0 Å². The molecular formula is C23H25Cl3F3N5O2. The van der Waals surface area contributed by atoms with Crippen molar-refractivity contribution in [2.45, 2.75) is 39.5 Å². The van der Waals surface area contributed by atoms with Crippen molar-refractivity contribution >= 4 is 52.3 Å². The summed E-state index contributed by atoms with van der Waals surface area (Å²) in [5.41, 5.74) is -1.45. The molecule has 2 aromatic rings. The summed E-state index contributed by atoms with van der Waals surface area (Å²) in [6.07, 6.45) is -1.58. The van der Waals surface area contributed by atoms with Crippen molar-refractivity contribution in [3.8, 4) is 0 Å². The largest absolute Gasteiger partial charge is 0.435 e. The van der Waals surface area contributed by atoms with Crippen LogP contribution in [0.5, 0.6) is 0 Å². The highest BCUT2D eigenvalue weighted by molar-refractivity contribution is 6.38. The van der Waals surface area contributed by atoms with Gasteiger partial charge in [0.15, 0.2) is 5.69 Å². The lowest BCUT2D eigenvalue weighted by molar-refractivity contribution is -0.141. The van der Waals surface area contributed by atoms with Crippen LogP contribution in [0.2, 0.25) is 10.0 Å². The zero-order valence-corrected chi connectivity index (χ0v) is 22.4. The normalized spacial score (nSPS) is 12.7.